The minimum Gasteiger partial charge on any atom is -0.452 e. The van der Waals surface area contributed by atoms with E-state index in [4.69, 9.17) is 16.3 Å². The van der Waals surface area contributed by atoms with Crippen LogP contribution in [-0.4, -0.2) is 23.4 Å². The Morgan fingerprint density at radius 3 is 2.68 bits per heavy atom. The molecule has 8 heteroatoms. The van der Waals surface area contributed by atoms with Gasteiger partial charge in [-0.3, -0.25) is 14.9 Å². The second kappa shape index (κ2) is 8.60. The highest BCUT2D eigenvalue weighted by Crippen LogP contribution is 2.17. The first-order chi connectivity index (χ1) is 11.9. The van der Waals surface area contributed by atoms with Gasteiger partial charge in [-0.25, -0.2) is 4.79 Å². The molecule has 0 atom stereocenters. The summed E-state index contributed by atoms with van der Waals surface area (Å²) in [5.41, 5.74) is 0.800. The summed E-state index contributed by atoms with van der Waals surface area (Å²) >= 11 is 5.83. The molecule has 2 aromatic rings. The van der Waals surface area contributed by atoms with Crippen LogP contribution in [0.3, 0.4) is 0 Å². The fraction of sp³-hybridized carbons (Fsp3) is 0.0588. The van der Waals surface area contributed by atoms with Crippen molar-refractivity contribution in [2.45, 2.75) is 0 Å². The minimum absolute atomic E-state index is 0.153. The fourth-order valence-corrected chi connectivity index (χ4v) is 2.05. The van der Waals surface area contributed by atoms with E-state index in [1.54, 1.807) is 24.3 Å². The van der Waals surface area contributed by atoms with Crippen LogP contribution in [-0.2, 0) is 14.3 Å². The van der Waals surface area contributed by atoms with Crippen molar-refractivity contribution in [3.8, 4) is 0 Å². The lowest BCUT2D eigenvalue weighted by molar-refractivity contribution is -0.384. The maximum Gasteiger partial charge on any atom is 0.331 e. The molecule has 0 heterocycles. The van der Waals surface area contributed by atoms with Crippen LogP contribution in [0.5, 0.6) is 0 Å². The molecule has 0 unspecified atom stereocenters. The average Bonchev–Trinajstić information content (AvgIpc) is 2.58. The molecule has 25 heavy (non-hydrogen) atoms. The van der Waals surface area contributed by atoms with E-state index in [1.807, 2.05) is 0 Å². The summed E-state index contributed by atoms with van der Waals surface area (Å²) in [6.07, 6.45) is 2.68. The molecule has 0 aliphatic carbocycles. The molecule has 1 N–H and O–H groups in total. The van der Waals surface area contributed by atoms with Gasteiger partial charge in [0.05, 0.1) is 4.92 Å². The van der Waals surface area contributed by atoms with Crippen molar-refractivity contribution in [1.82, 2.24) is 0 Å². The predicted molar refractivity (Wildman–Crippen MR) is 93.2 cm³/mol. The lowest BCUT2D eigenvalue weighted by Gasteiger charge is -2.05. The number of nitro benzene ring substituents is 1. The van der Waals surface area contributed by atoms with Crippen molar-refractivity contribution < 1.29 is 19.2 Å². The Morgan fingerprint density at radius 2 is 1.96 bits per heavy atom. The second-order valence-corrected chi connectivity index (χ2v) is 5.29. The predicted octanol–water partition coefficient (Wildman–Crippen LogP) is 3.44. The highest BCUT2D eigenvalue weighted by Gasteiger charge is 2.09. The number of nitro groups is 1. The zero-order chi connectivity index (χ0) is 18.2. The number of ether oxygens (including phenoxy) is 1. The number of esters is 1. The molecule has 1 amide bonds. The Morgan fingerprint density at radius 1 is 1.20 bits per heavy atom. The van der Waals surface area contributed by atoms with Crippen LogP contribution in [0.2, 0.25) is 5.02 Å². The zero-order valence-electron chi connectivity index (χ0n) is 12.8. The van der Waals surface area contributed by atoms with Gasteiger partial charge in [0.15, 0.2) is 6.61 Å². The molecule has 0 fully saturated rings. The fourth-order valence-electron chi connectivity index (χ4n) is 1.85. The molecule has 0 spiro atoms. The molecule has 7 nitrogen and oxygen atoms in total. The van der Waals surface area contributed by atoms with Crippen molar-refractivity contribution in [1.29, 1.82) is 0 Å². The van der Waals surface area contributed by atoms with Crippen molar-refractivity contribution in [3.63, 3.8) is 0 Å². The summed E-state index contributed by atoms with van der Waals surface area (Å²) < 4.78 is 4.80. The van der Waals surface area contributed by atoms with E-state index < -0.39 is 23.4 Å². The van der Waals surface area contributed by atoms with Gasteiger partial charge in [-0.15, -0.1) is 0 Å². The van der Waals surface area contributed by atoms with Crippen LogP contribution < -0.4 is 5.32 Å². The number of benzene rings is 2. The molecule has 2 aromatic carbocycles. The third-order valence-corrected chi connectivity index (χ3v) is 3.18. The van der Waals surface area contributed by atoms with Crippen molar-refractivity contribution >= 4 is 40.9 Å². The van der Waals surface area contributed by atoms with Gasteiger partial charge in [0.25, 0.3) is 11.6 Å². The number of hydrogen-bond donors (Lipinski definition) is 1. The summed E-state index contributed by atoms with van der Waals surface area (Å²) in [5, 5.41) is 13.6. The van der Waals surface area contributed by atoms with E-state index in [1.165, 1.54) is 36.4 Å². The standard InChI is InChI=1S/C17H13ClN2O5/c18-13-4-1-3-12(9-13)7-8-17(22)25-11-16(21)19-14-5-2-6-15(10-14)20(23)24/h1-10H,11H2,(H,19,21)/b8-7+. The van der Waals surface area contributed by atoms with E-state index in [0.717, 1.165) is 0 Å². The molecule has 0 aliphatic rings. The SMILES string of the molecule is O=C(COC(=O)/C=C/c1cccc(Cl)c1)Nc1cccc([N+](=O)[O-])c1. The molecule has 0 bridgehead atoms. The largest absolute Gasteiger partial charge is 0.452 e. The van der Waals surface area contributed by atoms with E-state index in [0.29, 0.717) is 10.6 Å². The summed E-state index contributed by atoms with van der Waals surface area (Å²) in [6.45, 7) is -0.512. The average molecular weight is 361 g/mol. The lowest BCUT2D eigenvalue weighted by Crippen LogP contribution is -2.20. The monoisotopic (exact) mass is 360 g/mol. The quantitative estimate of drug-likeness (QED) is 0.368. The normalized spacial score (nSPS) is 10.4. The number of nitrogens with zero attached hydrogens (tertiary/aromatic N) is 1. The first-order valence-corrected chi connectivity index (χ1v) is 7.46. The summed E-state index contributed by atoms with van der Waals surface area (Å²) in [6, 6.07) is 12.3. The Labute approximate surface area is 148 Å². The van der Waals surface area contributed by atoms with E-state index in [2.05, 4.69) is 5.32 Å². The third kappa shape index (κ3) is 6.08. The van der Waals surface area contributed by atoms with Crippen LogP contribution in [0.4, 0.5) is 11.4 Å². The number of hydrogen-bond acceptors (Lipinski definition) is 5. The van der Waals surface area contributed by atoms with Gasteiger partial charge in [-0.2, -0.15) is 0 Å². The van der Waals surface area contributed by atoms with E-state index in [-0.39, 0.29) is 11.4 Å². The van der Waals surface area contributed by atoms with Crippen LogP contribution >= 0.6 is 11.6 Å². The smallest absolute Gasteiger partial charge is 0.331 e. The van der Waals surface area contributed by atoms with Gasteiger partial charge in [-0.05, 0) is 29.8 Å². The summed E-state index contributed by atoms with van der Waals surface area (Å²) in [5.74, 6) is -1.31. The number of nitrogens with one attached hydrogen (secondary N) is 1. The van der Waals surface area contributed by atoms with Crippen LogP contribution in [0.15, 0.2) is 54.6 Å². The number of amides is 1. The van der Waals surface area contributed by atoms with Crippen molar-refractivity contribution in [3.05, 3.63) is 75.3 Å². The number of halogens is 1. The number of rotatable bonds is 6. The van der Waals surface area contributed by atoms with Crippen LogP contribution in [0, 0.1) is 10.1 Å². The van der Waals surface area contributed by atoms with Gasteiger partial charge >= 0.3 is 5.97 Å². The minimum atomic E-state index is -0.700. The van der Waals surface area contributed by atoms with Crippen molar-refractivity contribution in [2.75, 3.05) is 11.9 Å². The molecule has 0 radical (unpaired) electrons. The summed E-state index contributed by atoms with van der Waals surface area (Å²) in [7, 11) is 0. The van der Waals surface area contributed by atoms with Gasteiger partial charge in [0.1, 0.15) is 0 Å². The van der Waals surface area contributed by atoms with Crippen LogP contribution in [0.25, 0.3) is 6.08 Å². The maximum absolute atomic E-state index is 11.7. The molecular weight excluding hydrogens is 348 g/mol. The van der Waals surface area contributed by atoms with E-state index >= 15 is 0 Å². The van der Waals surface area contributed by atoms with E-state index in [9.17, 15) is 19.7 Å². The van der Waals surface area contributed by atoms with Crippen LogP contribution in [0.1, 0.15) is 5.56 Å². The maximum atomic E-state index is 11.7. The Kier molecular flexibility index (Phi) is 6.25. The number of carbonyl (C=O) groups excluding carboxylic acids is 2. The molecule has 0 aliphatic heterocycles. The molecular formula is C17H13ClN2O5. The van der Waals surface area contributed by atoms with Gasteiger partial charge in [0.2, 0.25) is 0 Å². The van der Waals surface area contributed by atoms with Crippen molar-refractivity contribution in [2.24, 2.45) is 0 Å². The first kappa shape index (κ1) is 18.2. The Hall–Kier alpha value is -3.19. The van der Waals surface area contributed by atoms with Gasteiger partial charge < -0.3 is 10.1 Å². The van der Waals surface area contributed by atoms with Gasteiger partial charge in [0, 0.05) is 28.9 Å². The number of carbonyl (C=O) groups is 2. The van der Waals surface area contributed by atoms with Gasteiger partial charge in [-0.1, -0.05) is 29.8 Å². The molecule has 0 saturated heterocycles. The zero-order valence-corrected chi connectivity index (χ0v) is 13.6. The highest BCUT2D eigenvalue weighted by molar-refractivity contribution is 6.30. The molecule has 0 saturated carbocycles. The Bertz CT molecular complexity index is 835. The Balaban J connectivity index is 1.84. The molecule has 2 rings (SSSR count). The number of anilines is 1. The summed E-state index contributed by atoms with van der Waals surface area (Å²) in [4.78, 5) is 33.4. The highest BCUT2D eigenvalue weighted by atomic mass is 35.5. The second-order valence-electron chi connectivity index (χ2n) is 4.85. The molecule has 128 valence electrons. The molecule has 0 aromatic heterocycles. The number of non-ortho nitro benzene ring substituents is 1. The third-order valence-electron chi connectivity index (χ3n) is 2.95. The lowest BCUT2D eigenvalue weighted by atomic mass is 10.2. The first-order valence-electron chi connectivity index (χ1n) is 7.09. The topological polar surface area (TPSA) is 98.5 Å².